The molecule has 0 bridgehead atoms. The van der Waals surface area contributed by atoms with Gasteiger partial charge in [0.25, 0.3) is 5.91 Å². The summed E-state index contributed by atoms with van der Waals surface area (Å²) in [6.07, 6.45) is 2.18. The molecule has 26 heavy (non-hydrogen) atoms. The van der Waals surface area contributed by atoms with E-state index in [2.05, 4.69) is 5.10 Å². The number of benzene rings is 2. The second-order valence-corrected chi connectivity index (χ2v) is 6.84. The first-order valence-electron chi connectivity index (χ1n) is 8.35. The van der Waals surface area contributed by atoms with Crippen LogP contribution in [0.2, 0.25) is 5.02 Å². The lowest BCUT2D eigenvalue weighted by Gasteiger charge is -2.26. The Morgan fingerprint density at radius 1 is 1.15 bits per heavy atom. The van der Waals surface area contributed by atoms with Gasteiger partial charge >= 0.3 is 0 Å². The number of hydrogen-bond acceptors (Lipinski definition) is 2. The van der Waals surface area contributed by atoms with Crippen molar-refractivity contribution < 1.29 is 9.18 Å². The van der Waals surface area contributed by atoms with Crippen molar-refractivity contribution >= 4 is 17.5 Å². The van der Waals surface area contributed by atoms with Crippen LogP contribution in [0.5, 0.6) is 0 Å². The molecular formula is C20H17ClFN3O. The van der Waals surface area contributed by atoms with Crippen LogP contribution in [0, 0.1) is 5.82 Å². The number of carbonyl (C=O) groups excluding carboxylic acids is 1. The summed E-state index contributed by atoms with van der Waals surface area (Å²) in [7, 11) is 1.84. The minimum Gasteiger partial charge on any atom is -0.327 e. The second kappa shape index (κ2) is 6.57. The summed E-state index contributed by atoms with van der Waals surface area (Å²) in [5.41, 5.74) is 3.45. The molecule has 0 N–H and O–H groups in total. The minimum absolute atomic E-state index is 0.0202. The Morgan fingerprint density at radius 3 is 2.58 bits per heavy atom. The summed E-state index contributed by atoms with van der Waals surface area (Å²) in [6, 6.07) is 13.7. The average molecular weight is 370 g/mol. The molecule has 0 saturated heterocycles. The molecule has 1 atom stereocenters. The first kappa shape index (κ1) is 16.8. The molecule has 0 saturated carbocycles. The summed E-state index contributed by atoms with van der Waals surface area (Å²) in [5, 5.41) is 4.78. The summed E-state index contributed by atoms with van der Waals surface area (Å²) < 4.78 is 14.9. The van der Waals surface area contributed by atoms with Crippen LogP contribution in [0.3, 0.4) is 0 Å². The lowest BCUT2D eigenvalue weighted by Crippen LogP contribution is -2.29. The van der Waals surface area contributed by atoms with E-state index in [0.717, 1.165) is 16.8 Å². The Labute approximate surface area is 155 Å². The van der Waals surface area contributed by atoms with Gasteiger partial charge in [0.2, 0.25) is 0 Å². The van der Waals surface area contributed by atoms with Gasteiger partial charge < -0.3 is 4.90 Å². The number of rotatable bonds is 4. The Hall–Kier alpha value is -2.66. The lowest BCUT2D eigenvalue weighted by atomic mass is 10.0. The molecule has 1 aliphatic rings. The molecule has 1 unspecified atom stereocenters. The van der Waals surface area contributed by atoms with Gasteiger partial charge in [0.1, 0.15) is 5.82 Å². The van der Waals surface area contributed by atoms with Crippen LogP contribution in [-0.4, -0.2) is 20.6 Å². The Balaban J connectivity index is 1.71. The van der Waals surface area contributed by atoms with Crippen molar-refractivity contribution in [3.63, 3.8) is 0 Å². The summed E-state index contributed by atoms with van der Waals surface area (Å²) in [6.45, 7) is 0.411. The molecule has 2 aromatic carbocycles. The van der Waals surface area contributed by atoms with Crippen LogP contribution >= 0.6 is 11.6 Å². The number of fused-ring (bicyclic) bond motifs is 1. The molecule has 0 aliphatic carbocycles. The van der Waals surface area contributed by atoms with Crippen molar-refractivity contribution in [2.24, 2.45) is 7.05 Å². The van der Waals surface area contributed by atoms with E-state index in [-0.39, 0.29) is 17.8 Å². The van der Waals surface area contributed by atoms with Gasteiger partial charge in [0, 0.05) is 25.6 Å². The number of nitrogens with zero attached hydrogens (tertiary/aromatic N) is 3. The van der Waals surface area contributed by atoms with Crippen molar-refractivity contribution in [2.75, 3.05) is 0 Å². The third-order valence-electron chi connectivity index (χ3n) is 4.85. The maximum atomic E-state index is 13.2. The van der Waals surface area contributed by atoms with Gasteiger partial charge in [-0.25, -0.2) is 4.39 Å². The predicted octanol–water partition coefficient (Wildman–Crippen LogP) is 4.15. The molecule has 132 valence electrons. The lowest BCUT2D eigenvalue weighted by molar-refractivity contribution is 0.0708. The number of aromatic nitrogens is 2. The second-order valence-electron chi connectivity index (χ2n) is 6.43. The zero-order chi connectivity index (χ0) is 18.3. The largest absolute Gasteiger partial charge is 0.327 e. The van der Waals surface area contributed by atoms with E-state index in [1.807, 2.05) is 36.2 Å². The van der Waals surface area contributed by atoms with Crippen molar-refractivity contribution in [3.8, 4) is 0 Å². The molecule has 1 amide bonds. The molecule has 1 aromatic heterocycles. The fraction of sp³-hybridized carbons (Fsp3) is 0.200. The maximum Gasteiger partial charge on any atom is 0.255 e. The number of hydrogen-bond donors (Lipinski definition) is 0. The third kappa shape index (κ3) is 2.88. The van der Waals surface area contributed by atoms with Gasteiger partial charge in [-0.3, -0.25) is 9.48 Å². The van der Waals surface area contributed by atoms with Gasteiger partial charge in [-0.15, -0.1) is 0 Å². The quantitative estimate of drug-likeness (QED) is 0.692. The van der Waals surface area contributed by atoms with E-state index < -0.39 is 0 Å². The zero-order valence-electron chi connectivity index (χ0n) is 14.2. The van der Waals surface area contributed by atoms with Gasteiger partial charge in [0.05, 0.1) is 23.0 Å². The smallest absolute Gasteiger partial charge is 0.255 e. The molecule has 0 spiro atoms. The molecule has 6 heteroatoms. The number of halogens is 2. The van der Waals surface area contributed by atoms with Crippen LogP contribution in [0.4, 0.5) is 4.39 Å². The Bertz CT molecular complexity index is 948. The molecule has 0 radical (unpaired) electrons. The standard InChI is InChI=1S/C20H17ClFN3O/c1-24-19(17(21)11-23-24)10-18-15-4-2-3-5-16(15)20(26)25(18)12-13-6-8-14(22)9-7-13/h2-9,11,18H,10,12H2,1H3. The van der Waals surface area contributed by atoms with Crippen LogP contribution in [0.1, 0.15) is 33.2 Å². The van der Waals surface area contributed by atoms with Crippen molar-refractivity contribution in [3.05, 3.63) is 88.0 Å². The number of carbonyl (C=O) groups is 1. The molecule has 2 heterocycles. The van der Waals surface area contributed by atoms with E-state index in [0.29, 0.717) is 23.6 Å². The molecule has 0 fully saturated rings. The van der Waals surface area contributed by atoms with Gasteiger partial charge in [-0.2, -0.15) is 5.10 Å². The molecular weight excluding hydrogens is 353 g/mol. The van der Waals surface area contributed by atoms with Crippen molar-refractivity contribution in [1.29, 1.82) is 0 Å². The van der Waals surface area contributed by atoms with Crippen LogP contribution in [-0.2, 0) is 20.0 Å². The zero-order valence-corrected chi connectivity index (χ0v) is 14.9. The van der Waals surface area contributed by atoms with E-state index in [9.17, 15) is 9.18 Å². The molecule has 4 nitrogen and oxygen atoms in total. The highest BCUT2D eigenvalue weighted by atomic mass is 35.5. The SMILES string of the molecule is Cn1ncc(Cl)c1CC1c2ccccc2C(=O)N1Cc1ccc(F)cc1. The van der Waals surface area contributed by atoms with Crippen LogP contribution < -0.4 is 0 Å². The molecule has 3 aromatic rings. The molecule has 4 rings (SSSR count). The highest BCUT2D eigenvalue weighted by Gasteiger charge is 2.37. The number of amides is 1. The van der Waals surface area contributed by atoms with Crippen LogP contribution in [0.25, 0.3) is 0 Å². The van der Waals surface area contributed by atoms with E-state index in [1.165, 1.54) is 12.1 Å². The number of aryl methyl sites for hydroxylation is 1. The fourth-order valence-corrected chi connectivity index (χ4v) is 3.73. The van der Waals surface area contributed by atoms with E-state index in [4.69, 9.17) is 11.6 Å². The monoisotopic (exact) mass is 369 g/mol. The first-order valence-corrected chi connectivity index (χ1v) is 8.73. The molecule has 1 aliphatic heterocycles. The first-order chi connectivity index (χ1) is 12.5. The highest BCUT2D eigenvalue weighted by Crippen LogP contribution is 2.38. The van der Waals surface area contributed by atoms with E-state index >= 15 is 0 Å². The highest BCUT2D eigenvalue weighted by molar-refractivity contribution is 6.31. The normalized spacial score (nSPS) is 16.2. The van der Waals surface area contributed by atoms with Gasteiger partial charge in [0.15, 0.2) is 0 Å². The van der Waals surface area contributed by atoms with E-state index in [1.54, 1.807) is 23.0 Å². The Kier molecular flexibility index (Phi) is 4.24. The summed E-state index contributed by atoms with van der Waals surface area (Å²) >= 11 is 6.28. The van der Waals surface area contributed by atoms with Crippen molar-refractivity contribution in [1.82, 2.24) is 14.7 Å². The topological polar surface area (TPSA) is 38.1 Å². The van der Waals surface area contributed by atoms with Crippen molar-refractivity contribution in [2.45, 2.75) is 19.0 Å². The van der Waals surface area contributed by atoms with Gasteiger partial charge in [-0.05, 0) is 29.3 Å². The summed E-state index contributed by atoms with van der Waals surface area (Å²) in [5.74, 6) is -0.309. The van der Waals surface area contributed by atoms with Gasteiger partial charge in [-0.1, -0.05) is 41.9 Å². The average Bonchev–Trinajstić information content (AvgIpc) is 3.10. The maximum absolute atomic E-state index is 13.2. The minimum atomic E-state index is -0.289. The summed E-state index contributed by atoms with van der Waals surface area (Å²) in [4.78, 5) is 14.8. The fourth-order valence-electron chi connectivity index (χ4n) is 3.48. The van der Waals surface area contributed by atoms with Crippen LogP contribution in [0.15, 0.2) is 54.7 Å². The predicted molar refractivity (Wildman–Crippen MR) is 97.4 cm³/mol. The third-order valence-corrected chi connectivity index (χ3v) is 5.17. The Morgan fingerprint density at radius 2 is 1.88 bits per heavy atom.